The first kappa shape index (κ1) is 10.9. The maximum atomic E-state index is 5.74. The predicted octanol–water partition coefficient (Wildman–Crippen LogP) is 0.655. The van der Waals surface area contributed by atoms with E-state index in [1.54, 1.807) is 12.5 Å². The monoisotopic (exact) mass is 266 g/mol. The average molecular weight is 266 g/mol. The van der Waals surface area contributed by atoms with Gasteiger partial charge in [-0.1, -0.05) is 6.07 Å². The number of nitrogens with zero attached hydrogens (tertiary/aromatic N) is 7. The van der Waals surface area contributed by atoms with E-state index in [4.69, 9.17) is 5.73 Å². The van der Waals surface area contributed by atoms with E-state index in [9.17, 15) is 0 Å². The number of tetrazole rings is 1. The van der Waals surface area contributed by atoms with Gasteiger partial charge >= 0.3 is 0 Å². The van der Waals surface area contributed by atoms with Crippen molar-refractivity contribution in [3.63, 3.8) is 0 Å². The zero-order valence-corrected chi connectivity index (χ0v) is 10.6. The highest BCUT2D eigenvalue weighted by Gasteiger charge is 2.11. The number of fused-ring (bicyclic) bond motifs is 2. The number of hydrogen-bond donors (Lipinski definition) is 1. The van der Waals surface area contributed by atoms with Crippen molar-refractivity contribution in [3.8, 4) is 11.1 Å². The van der Waals surface area contributed by atoms with Gasteiger partial charge in [-0.3, -0.25) is 0 Å². The van der Waals surface area contributed by atoms with Gasteiger partial charge in [0.15, 0.2) is 5.65 Å². The summed E-state index contributed by atoms with van der Waals surface area (Å²) in [6.45, 7) is 0. The lowest BCUT2D eigenvalue weighted by Crippen LogP contribution is -2.02. The first-order chi connectivity index (χ1) is 9.74. The smallest absolute Gasteiger partial charge is 0.224 e. The number of aryl methyl sites for hydroxylation is 1. The summed E-state index contributed by atoms with van der Waals surface area (Å²) in [5.41, 5.74) is 10.1. The van der Waals surface area contributed by atoms with Crippen molar-refractivity contribution in [3.05, 3.63) is 30.7 Å². The van der Waals surface area contributed by atoms with Crippen LogP contribution in [0.5, 0.6) is 0 Å². The Hall–Kier alpha value is -3.03. The van der Waals surface area contributed by atoms with E-state index in [0.717, 1.165) is 22.2 Å². The number of nitrogens with two attached hydrogens (primary N) is 1. The number of anilines is 1. The Bertz CT molecular complexity index is 935. The fraction of sp³-hybridized carbons (Fsp3) is 0.0833. The number of imidazole rings is 1. The minimum atomic E-state index is 0.260. The van der Waals surface area contributed by atoms with Crippen LogP contribution in [0.15, 0.2) is 30.7 Å². The Balaban J connectivity index is 2.03. The third-order valence-corrected chi connectivity index (χ3v) is 3.29. The molecule has 0 saturated carbocycles. The van der Waals surface area contributed by atoms with Gasteiger partial charge in [-0.05, 0) is 28.1 Å². The molecule has 0 amide bonds. The van der Waals surface area contributed by atoms with E-state index < -0.39 is 0 Å². The highest BCUT2D eigenvalue weighted by Crippen LogP contribution is 2.26. The molecular formula is C12H10N8. The van der Waals surface area contributed by atoms with Crippen molar-refractivity contribution in [2.24, 2.45) is 7.05 Å². The first-order valence-electron chi connectivity index (χ1n) is 5.98. The predicted molar refractivity (Wildman–Crippen MR) is 72.7 cm³/mol. The highest BCUT2D eigenvalue weighted by molar-refractivity contribution is 5.86. The second kappa shape index (κ2) is 3.73. The summed E-state index contributed by atoms with van der Waals surface area (Å²) in [7, 11) is 1.95. The lowest BCUT2D eigenvalue weighted by Gasteiger charge is -2.04. The molecule has 0 bridgehead atoms. The molecule has 0 fully saturated rings. The molecule has 98 valence electrons. The zero-order chi connectivity index (χ0) is 13.7. The lowest BCUT2D eigenvalue weighted by atomic mass is 10.1. The van der Waals surface area contributed by atoms with Gasteiger partial charge in [0.05, 0.1) is 17.4 Å². The molecule has 8 heteroatoms. The third kappa shape index (κ3) is 1.38. The van der Waals surface area contributed by atoms with Crippen LogP contribution in [0.2, 0.25) is 0 Å². The molecule has 1 aromatic carbocycles. The third-order valence-electron chi connectivity index (χ3n) is 3.29. The van der Waals surface area contributed by atoms with E-state index >= 15 is 0 Å². The Labute approximate surface area is 112 Å². The number of benzene rings is 1. The summed E-state index contributed by atoms with van der Waals surface area (Å²) in [6.07, 6.45) is 3.46. The number of rotatable bonds is 1. The second-order valence-corrected chi connectivity index (χ2v) is 4.50. The summed E-state index contributed by atoms with van der Waals surface area (Å²) in [5.74, 6) is 0.260. The molecule has 0 atom stereocenters. The summed E-state index contributed by atoms with van der Waals surface area (Å²) in [6, 6.07) is 5.96. The van der Waals surface area contributed by atoms with Crippen LogP contribution < -0.4 is 5.73 Å². The fourth-order valence-corrected chi connectivity index (χ4v) is 2.25. The van der Waals surface area contributed by atoms with Gasteiger partial charge in [0.2, 0.25) is 5.95 Å². The molecule has 3 aromatic heterocycles. The molecule has 2 N–H and O–H groups in total. The maximum absolute atomic E-state index is 5.74. The summed E-state index contributed by atoms with van der Waals surface area (Å²) < 4.78 is 3.38. The largest absolute Gasteiger partial charge is 0.368 e. The van der Waals surface area contributed by atoms with E-state index in [1.165, 1.54) is 4.52 Å². The topological polar surface area (TPSA) is 99.8 Å². The van der Waals surface area contributed by atoms with Crippen molar-refractivity contribution in [2.45, 2.75) is 0 Å². The molecule has 3 heterocycles. The molecule has 0 aliphatic rings. The number of aromatic nitrogens is 7. The highest BCUT2D eigenvalue weighted by atomic mass is 15.5. The SMILES string of the molecule is Cn1cnc2ccc(-c3cnc(N)n4nnnc34)cc21. The Morgan fingerprint density at radius 3 is 3.00 bits per heavy atom. The van der Waals surface area contributed by atoms with E-state index in [1.807, 2.05) is 29.8 Å². The minimum Gasteiger partial charge on any atom is -0.368 e. The van der Waals surface area contributed by atoms with Crippen LogP contribution in [0.4, 0.5) is 5.95 Å². The lowest BCUT2D eigenvalue weighted by molar-refractivity contribution is 0.819. The maximum Gasteiger partial charge on any atom is 0.224 e. The van der Waals surface area contributed by atoms with Crippen LogP contribution in [-0.4, -0.2) is 34.6 Å². The van der Waals surface area contributed by atoms with Crippen LogP contribution in [-0.2, 0) is 7.05 Å². The van der Waals surface area contributed by atoms with Gasteiger partial charge in [-0.2, -0.15) is 4.52 Å². The molecule has 0 spiro atoms. The summed E-state index contributed by atoms with van der Waals surface area (Å²) in [5, 5.41) is 11.5. The Morgan fingerprint density at radius 1 is 1.20 bits per heavy atom. The van der Waals surface area contributed by atoms with Gasteiger partial charge in [0, 0.05) is 18.8 Å². The van der Waals surface area contributed by atoms with Gasteiger partial charge in [0.25, 0.3) is 0 Å². The van der Waals surface area contributed by atoms with Crippen LogP contribution in [0.3, 0.4) is 0 Å². The van der Waals surface area contributed by atoms with Gasteiger partial charge in [0.1, 0.15) is 0 Å². The molecule has 0 aliphatic carbocycles. The summed E-state index contributed by atoms with van der Waals surface area (Å²) in [4.78, 5) is 8.42. The number of nitrogen functional groups attached to an aromatic ring is 1. The van der Waals surface area contributed by atoms with E-state index in [2.05, 4.69) is 25.5 Å². The molecule has 0 radical (unpaired) electrons. The van der Waals surface area contributed by atoms with Gasteiger partial charge in [-0.15, -0.1) is 5.10 Å². The van der Waals surface area contributed by atoms with Crippen LogP contribution in [0.1, 0.15) is 0 Å². The fourth-order valence-electron chi connectivity index (χ4n) is 2.25. The van der Waals surface area contributed by atoms with Crippen molar-refractivity contribution in [2.75, 3.05) is 5.73 Å². The number of hydrogen-bond acceptors (Lipinski definition) is 6. The van der Waals surface area contributed by atoms with Crippen LogP contribution >= 0.6 is 0 Å². The van der Waals surface area contributed by atoms with Crippen LogP contribution in [0, 0.1) is 0 Å². The molecule has 8 nitrogen and oxygen atoms in total. The van der Waals surface area contributed by atoms with E-state index in [-0.39, 0.29) is 5.95 Å². The van der Waals surface area contributed by atoms with Gasteiger partial charge < -0.3 is 10.3 Å². The Morgan fingerprint density at radius 2 is 2.10 bits per heavy atom. The standard InChI is InChI=1S/C12H10N8/c1-19-6-15-9-3-2-7(4-10(9)19)8-5-14-12(13)20-11(8)16-17-18-20/h2-6H,1H3,(H2,13,14). The van der Waals surface area contributed by atoms with Crippen molar-refractivity contribution < 1.29 is 0 Å². The second-order valence-electron chi connectivity index (χ2n) is 4.50. The zero-order valence-electron chi connectivity index (χ0n) is 10.6. The molecule has 0 unspecified atom stereocenters. The van der Waals surface area contributed by atoms with E-state index in [0.29, 0.717) is 5.65 Å². The molecule has 20 heavy (non-hydrogen) atoms. The van der Waals surface area contributed by atoms with Crippen molar-refractivity contribution in [1.82, 2.24) is 34.6 Å². The molecular weight excluding hydrogens is 256 g/mol. The minimum absolute atomic E-state index is 0.260. The molecule has 0 aliphatic heterocycles. The van der Waals surface area contributed by atoms with Crippen molar-refractivity contribution >= 4 is 22.6 Å². The summed E-state index contributed by atoms with van der Waals surface area (Å²) >= 11 is 0. The van der Waals surface area contributed by atoms with Crippen LogP contribution in [0.25, 0.3) is 27.8 Å². The quantitative estimate of drug-likeness (QED) is 0.543. The normalized spacial score (nSPS) is 11.4. The molecule has 0 saturated heterocycles. The average Bonchev–Trinajstić information content (AvgIpc) is 3.07. The van der Waals surface area contributed by atoms with Gasteiger partial charge in [-0.25, -0.2) is 9.97 Å². The molecule has 4 aromatic rings. The molecule has 4 rings (SSSR count). The Kier molecular flexibility index (Phi) is 2.02. The first-order valence-corrected chi connectivity index (χ1v) is 5.98. The van der Waals surface area contributed by atoms with Crippen molar-refractivity contribution in [1.29, 1.82) is 0 Å².